The van der Waals surface area contributed by atoms with Crippen LogP contribution < -0.4 is 5.73 Å². The van der Waals surface area contributed by atoms with Crippen LogP contribution in [0.1, 0.15) is 49.9 Å². The van der Waals surface area contributed by atoms with Crippen LogP contribution in [0.2, 0.25) is 0 Å². The van der Waals surface area contributed by atoms with Crippen LogP contribution in [0.4, 0.5) is 0 Å². The summed E-state index contributed by atoms with van der Waals surface area (Å²) in [6.45, 7) is -0.000995. The topological polar surface area (TPSA) is 64.1 Å². The number of nitrogens with zero attached hydrogens (tertiary/aromatic N) is 2. The van der Waals surface area contributed by atoms with Crippen molar-refractivity contribution < 1.29 is 5.11 Å². The molecule has 0 saturated heterocycles. The highest BCUT2D eigenvalue weighted by molar-refractivity contribution is 5.10. The fourth-order valence-corrected chi connectivity index (χ4v) is 5.30. The Morgan fingerprint density at radius 3 is 2.42 bits per heavy atom. The number of aromatic nitrogens is 2. The molecule has 4 aliphatic rings. The number of rotatable bonds is 3. The summed E-state index contributed by atoms with van der Waals surface area (Å²) in [6, 6.07) is 0.294. The van der Waals surface area contributed by atoms with E-state index in [-0.39, 0.29) is 12.6 Å². The number of hydrogen-bond donors (Lipinski definition) is 2. The highest BCUT2D eigenvalue weighted by Gasteiger charge is 2.49. The fraction of sp³-hybridized carbons (Fsp3) is 0.800. The number of aliphatic hydroxyl groups is 1. The third-order valence-corrected chi connectivity index (χ3v) is 5.77. The van der Waals surface area contributed by atoms with Crippen molar-refractivity contribution in [2.45, 2.75) is 44.2 Å². The van der Waals surface area contributed by atoms with Crippen LogP contribution in [-0.4, -0.2) is 21.3 Å². The second-order valence-electron chi connectivity index (χ2n) is 6.94. The highest BCUT2D eigenvalue weighted by atomic mass is 16.3. The molecule has 0 aliphatic heterocycles. The van der Waals surface area contributed by atoms with Gasteiger partial charge in [0.1, 0.15) is 0 Å². The minimum atomic E-state index is -0.292. The van der Waals surface area contributed by atoms with Gasteiger partial charge in [0.15, 0.2) is 0 Å². The quantitative estimate of drug-likeness (QED) is 0.873. The minimum Gasteiger partial charge on any atom is -0.394 e. The number of hydrogen-bond acceptors (Lipinski definition) is 3. The van der Waals surface area contributed by atoms with E-state index in [1.54, 1.807) is 0 Å². The van der Waals surface area contributed by atoms with Crippen LogP contribution in [0.25, 0.3) is 0 Å². The van der Waals surface area contributed by atoms with Gasteiger partial charge in [-0.1, -0.05) is 0 Å². The summed E-state index contributed by atoms with van der Waals surface area (Å²) in [5.41, 5.74) is 7.04. The van der Waals surface area contributed by atoms with Gasteiger partial charge >= 0.3 is 0 Å². The number of imidazole rings is 1. The maximum absolute atomic E-state index is 9.32. The molecule has 0 radical (unpaired) electrons. The Labute approximate surface area is 114 Å². The summed E-state index contributed by atoms with van der Waals surface area (Å²) < 4.78 is 2.30. The first kappa shape index (κ1) is 11.9. The van der Waals surface area contributed by atoms with Gasteiger partial charge < -0.3 is 15.4 Å². The third kappa shape index (κ3) is 1.77. The third-order valence-electron chi connectivity index (χ3n) is 5.77. The Kier molecular flexibility index (Phi) is 2.71. The standard InChI is InChI=1S/C15H23N3O/c16-13(7-19)14-6-17-8-18(14)15-11-2-9-1-10(4-11)5-12(15)3-9/h6,8-13,15,19H,1-5,7,16H2. The van der Waals surface area contributed by atoms with E-state index in [2.05, 4.69) is 9.55 Å². The predicted molar refractivity (Wildman–Crippen MR) is 72.3 cm³/mol. The Bertz CT molecular complexity index is 442. The van der Waals surface area contributed by atoms with Crippen LogP contribution in [-0.2, 0) is 0 Å². The molecule has 1 aromatic rings. The zero-order valence-corrected chi connectivity index (χ0v) is 11.3. The molecule has 1 unspecified atom stereocenters. The molecule has 0 amide bonds. The Balaban J connectivity index is 1.67. The van der Waals surface area contributed by atoms with Gasteiger partial charge in [-0.15, -0.1) is 0 Å². The second-order valence-corrected chi connectivity index (χ2v) is 6.94. The lowest BCUT2D eigenvalue weighted by molar-refractivity contribution is -0.0305. The average Bonchev–Trinajstić information content (AvgIpc) is 2.85. The molecule has 1 aromatic heterocycles. The van der Waals surface area contributed by atoms with Gasteiger partial charge in [0.2, 0.25) is 0 Å². The van der Waals surface area contributed by atoms with Crippen LogP contribution >= 0.6 is 0 Å². The SMILES string of the molecule is NC(CO)c1cncn1C1C2CC3CC(C2)CC1C3. The van der Waals surface area contributed by atoms with E-state index < -0.39 is 0 Å². The molecular weight excluding hydrogens is 238 g/mol. The van der Waals surface area contributed by atoms with Crippen molar-refractivity contribution in [3.05, 3.63) is 18.2 Å². The summed E-state index contributed by atoms with van der Waals surface area (Å²) in [4.78, 5) is 4.30. The molecular formula is C15H23N3O. The smallest absolute Gasteiger partial charge is 0.0951 e. The van der Waals surface area contributed by atoms with Gasteiger partial charge in [0.05, 0.1) is 24.7 Å². The lowest BCUT2D eigenvalue weighted by Crippen LogP contribution is -2.46. The van der Waals surface area contributed by atoms with E-state index in [1.807, 2.05) is 12.5 Å². The average molecular weight is 261 g/mol. The lowest BCUT2D eigenvalue weighted by Gasteiger charge is -2.55. The van der Waals surface area contributed by atoms with Crippen LogP contribution in [0.5, 0.6) is 0 Å². The minimum absolute atomic E-state index is 0.000995. The fourth-order valence-electron chi connectivity index (χ4n) is 5.30. The van der Waals surface area contributed by atoms with E-state index >= 15 is 0 Å². The number of aliphatic hydroxyl groups excluding tert-OH is 1. The zero-order valence-electron chi connectivity index (χ0n) is 11.3. The van der Waals surface area contributed by atoms with Crippen LogP contribution in [0, 0.1) is 23.7 Å². The van der Waals surface area contributed by atoms with E-state index in [0.29, 0.717) is 6.04 Å². The molecule has 5 rings (SSSR count). The van der Waals surface area contributed by atoms with E-state index in [9.17, 15) is 5.11 Å². The molecule has 1 heterocycles. The van der Waals surface area contributed by atoms with Crippen molar-refractivity contribution in [3.63, 3.8) is 0 Å². The first-order valence-electron chi connectivity index (χ1n) is 7.64. The van der Waals surface area contributed by atoms with Crippen molar-refractivity contribution >= 4 is 0 Å². The molecule has 4 nitrogen and oxygen atoms in total. The summed E-state index contributed by atoms with van der Waals surface area (Å²) in [6.07, 6.45) is 10.8. The Morgan fingerprint density at radius 1 is 1.21 bits per heavy atom. The molecule has 4 aliphatic carbocycles. The van der Waals surface area contributed by atoms with Crippen molar-refractivity contribution in [2.75, 3.05) is 6.61 Å². The molecule has 4 fully saturated rings. The van der Waals surface area contributed by atoms with E-state index in [0.717, 1.165) is 29.4 Å². The number of nitrogens with two attached hydrogens (primary N) is 1. The molecule has 4 heteroatoms. The molecule has 3 N–H and O–H groups in total. The van der Waals surface area contributed by atoms with Crippen molar-refractivity contribution in [2.24, 2.45) is 29.4 Å². The van der Waals surface area contributed by atoms with Crippen LogP contribution in [0.3, 0.4) is 0 Å². The van der Waals surface area contributed by atoms with Gasteiger partial charge in [-0.3, -0.25) is 0 Å². The Hall–Kier alpha value is -0.870. The second kappa shape index (κ2) is 4.32. The van der Waals surface area contributed by atoms with Gasteiger partial charge in [0, 0.05) is 12.2 Å². The largest absolute Gasteiger partial charge is 0.394 e. The first-order valence-corrected chi connectivity index (χ1v) is 7.64. The molecule has 4 bridgehead atoms. The summed E-state index contributed by atoms with van der Waals surface area (Å²) in [7, 11) is 0. The summed E-state index contributed by atoms with van der Waals surface area (Å²) >= 11 is 0. The Morgan fingerprint density at radius 2 is 1.84 bits per heavy atom. The molecule has 0 spiro atoms. The lowest BCUT2D eigenvalue weighted by atomic mass is 9.54. The molecule has 19 heavy (non-hydrogen) atoms. The van der Waals surface area contributed by atoms with Gasteiger partial charge in [-0.2, -0.15) is 0 Å². The summed E-state index contributed by atoms with van der Waals surface area (Å²) in [5, 5.41) is 9.32. The van der Waals surface area contributed by atoms with Gasteiger partial charge in [-0.05, 0) is 55.8 Å². The van der Waals surface area contributed by atoms with Gasteiger partial charge in [-0.25, -0.2) is 4.98 Å². The van der Waals surface area contributed by atoms with E-state index in [1.165, 1.54) is 32.1 Å². The van der Waals surface area contributed by atoms with Gasteiger partial charge in [0.25, 0.3) is 0 Å². The predicted octanol–water partition coefficient (Wildman–Crippen LogP) is 1.87. The normalized spacial score (nSPS) is 41.7. The van der Waals surface area contributed by atoms with Crippen molar-refractivity contribution in [1.82, 2.24) is 9.55 Å². The zero-order chi connectivity index (χ0) is 13.0. The van der Waals surface area contributed by atoms with Crippen LogP contribution in [0.15, 0.2) is 12.5 Å². The van der Waals surface area contributed by atoms with Crippen molar-refractivity contribution in [1.29, 1.82) is 0 Å². The maximum atomic E-state index is 9.32. The summed E-state index contributed by atoms with van der Waals surface area (Å²) in [5.74, 6) is 3.60. The molecule has 104 valence electrons. The molecule has 0 aromatic carbocycles. The molecule has 4 saturated carbocycles. The highest BCUT2D eigenvalue weighted by Crippen LogP contribution is 2.58. The maximum Gasteiger partial charge on any atom is 0.0951 e. The van der Waals surface area contributed by atoms with E-state index in [4.69, 9.17) is 5.73 Å². The first-order chi connectivity index (χ1) is 9.26. The van der Waals surface area contributed by atoms with Crippen molar-refractivity contribution in [3.8, 4) is 0 Å². The monoisotopic (exact) mass is 261 g/mol. The molecule has 1 atom stereocenters.